The lowest BCUT2D eigenvalue weighted by Crippen LogP contribution is -2.40. The Kier molecular flexibility index (Phi) is 9.31. The van der Waals surface area contributed by atoms with E-state index in [1.54, 1.807) is 31.8 Å². The van der Waals surface area contributed by atoms with Gasteiger partial charge in [0.15, 0.2) is 16.3 Å². The van der Waals surface area contributed by atoms with Gasteiger partial charge in [-0.15, -0.1) is 0 Å². The monoisotopic (exact) mass is 682 g/mol. The molecular weight excluding hydrogens is 649 g/mol. The quantitative estimate of drug-likeness (QED) is 0.150. The van der Waals surface area contributed by atoms with E-state index in [1.165, 1.54) is 11.3 Å². The van der Waals surface area contributed by atoms with Gasteiger partial charge in [0.1, 0.15) is 12.4 Å². The zero-order chi connectivity index (χ0) is 34.6. The largest absolute Gasteiger partial charge is 0.497 e. The number of carbonyl (C=O) groups is 1. The maximum Gasteiger partial charge on any atom is 0.338 e. The van der Waals surface area contributed by atoms with Crippen molar-refractivity contribution in [2.75, 3.05) is 20.8 Å². The average molecular weight is 683 g/mol. The molecule has 250 valence electrons. The first-order valence-corrected chi connectivity index (χ1v) is 17.0. The first-order chi connectivity index (χ1) is 24.5. The summed E-state index contributed by atoms with van der Waals surface area (Å²) in [6.07, 6.45) is 1.81. The Morgan fingerprint density at radius 3 is 2.44 bits per heavy atom. The maximum atomic E-state index is 14.3. The van der Waals surface area contributed by atoms with Gasteiger partial charge in [0.2, 0.25) is 0 Å². The number of thiazole rings is 1. The molecular formula is C41H34N2O6S. The second-order valence-corrected chi connectivity index (χ2v) is 12.6. The fourth-order valence-corrected chi connectivity index (χ4v) is 7.19. The van der Waals surface area contributed by atoms with Gasteiger partial charge >= 0.3 is 5.97 Å². The molecule has 0 radical (unpaired) electrons. The Morgan fingerprint density at radius 1 is 0.860 bits per heavy atom. The van der Waals surface area contributed by atoms with Crippen LogP contribution in [0.2, 0.25) is 0 Å². The summed E-state index contributed by atoms with van der Waals surface area (Å²) in [5.41, 5.74) is 3.69. The minimum absolute atomic E-state index is 0.170. The summed E-state index contributed by atoms with van der Waals surface area (Å²) in [7, 11) is 3.17. The van der Waals surface area contributed by atoms with E-state index in [0.717, 1.165) is 27.5 Å². The van der Waals surface area contributed by atoms with Gasteiger partial charge < -0.3 is 18.9 Å². The van der Waals surface area contributed by atoms with Gasteiger partial charge in [0.05, 0.1) is 42.7 Å². The molecule has 1 aromatic heterocycles. The molecule has 0 fully saturated rings. The molecule has 0 aliphatic carbocycles. The molecule has 1 atom stereocenters. The van der Waals surface area contributed by atoms with Crippen molar-refractivity contribution in [2.45, 2.75) is 19.6 Å². The van der Waals surface area contributed by atoms with Gasteiger partial charge in [0.25, 0.3) is 5.56 Å². The number of hydrogen-bond donors (Lipinski definition) is 0. The number of rotatable bonds is 10. The van der Waals surface area contributed by atoms with Crippen LogP contribution < -0.4 is 29.1 Å². The minimum Gasteiger partial charge on any atom is -0.497 e. The SMILES string of the molecule is CCOC(=O)C1=C(c2ccccc2)N=c2s/c(=C\c3ccc(OCc4cccc5ccccc45)c(OC)c3)c(=O)n2[C@@H]1c1cccc(OC)c1. The fourth-order valence-electron chi connectivity index (χ4n) is 6.19. The fraction of sp³-hybridized carbons (Fsp3) is 0.146. The van der Waals surface area contributed by atoms with E-state index in [4.69, 9.17) is 23.9 Å². The van der Waals surface area contributed by atoms with Crippen molar-refractivity contribution in [3.05, 3.63) is 163 Å². The molecule has 50 heavy (non-hydrogen) atoms. The third-order valence-electron chi connectivity index (χ3n) is 8.53. The lowest BCUT2D eigenvalue weighted by atomic mass is 9.93. The zero-order valence-corrected chi connectivity index (χ0v) is 28.6. The van der Waals surface area contributed by atoms with Crippen LogP contribution >= 0.6 is 11.3 Å². The Labute approximate surface area is 292 Å². The Bertz CT molecular complexity index is 2420. The number of benzene rings is 5. The summed E-state index contributed by atoms with van der Waals surface area (Å²) >= 11 is 1.26. The predicted octanol–water partition coefficient (Wildman–Crippen LogP) is 6.69. The van der Waals surface area contributed by atoms with Gasteiger partial charge in [-0.1, -0.05) is 102 Å². The number of ether oxygens (including phenoxy) is 4. The van der Waals surface area contributed by atoms with Crippen molar-refractivity contribution in [1.29, 1.82) is 0 Å². The summed E-state index contributed by atoms with van der Waals surface area (Å²) in [4.78, 5) is 33.5. The van der Waals surface area contributed by atoms with Crippen molar-refractivity contribution in [2.24, 2.45) is 4.99 Å². The molecule has 8 nitrogen and oxygen atoms in total. The molecule has 0 saturated heterocycles. The van der Waals surface area contributed by atoms with Crippen molar-refractivity contribution >= 4 is 39.9 Å². The molecule has 7 rings (SSSR count). The number of hydrogen-bond acceptors (Lipinski definition) is 8. The summed E-state index contributed by atoms with van der Waals surface area (Å²) in [6.45, 7) is 2.29. The summed E-state index contributed by atoms with van der Waals surface area (Å²) in [6, 6.07) is 36.0. The molecule has 0 bridgehead atoms. The number of aromatic nitrogens is 1. The Hall–Kier alpha value is -5.93. The van der Waals surface area contributed by atoms with Crippen LogP contribution in [0.1, 0.15) is 35.2 Å². The number of nitrogens with zero attached hydrogens (tertiary/aromatic N) is 2. The highest BCUT2D eigenvalue weighted by atomic mass is 32.1. The van der Waals surface area contributed by atoms with E-state index in [-0.39, 0.29) is 17.7 Å². The second kappa shape index (κ2) is 14.3. The number of carbonyl (C=O) groups excluding carboxylic acids is 1. The summed E-state index contributed by atoms with van der Waals surface area (Å²) in [5, 5.41) is 2.28. The van der Waals surface area contributed by atoms with Crippen LogP contribution in [0.5, 0.6) is 17.2 Å². The molecule has 1 aliphatic rings. The molecule has 0 N–H and O–H groups in total. The topological polar surface area (TPSA) is 88.4 Å². The van der Waals surface area contributed by atoms with Gasteiger partial charge in [-0.2, -0.15) is 0 Å². The summed E-state index contributed by atoms with van der Waals surface area (Å²) < 4.78 is 25.1. The van der Waals surface area contributed by atoms with Crippen molar-refractivity contribution in [3.63, 3.8) is 0 Å². The van der Waals surface area contributed by atoms with E-state index in [1.807, 2.05) is 91.0 Å². The van der Waals surface area contributed by atoms with Crippen LogP contribution in [0.25, 0.3) is 22.5 Å². The molecule has 5 aromatic carbocycles. The first kappa shape index (κ1) is 32.6. The molecule has 9 heteroatoms. The third-order valence-corrected chi connectivity index (χ3v) is 9.51. The Morgan fingerprint density at radius 2 is 1.64 bits per heavy atom. The lowest BCUT2D eigenvalue weighted by Gasteiger charge is -2.26. The average Bonchev–Trinajstić information content (AvgIpc) is 3.47. The highest BCUT2D eigenvalue weighted by Crippen LogP contribution is 2.36. The molecule has 0 unspecified atom stereocenters. The molecule has 0 spiro atoms. The number of esters is 1. The normalized spacial score (nSPS) is 14.2. The third kappa shape index (κ3) is 6.31. The minimum atomic E-state index is -0.808. The van der Waals surface area contributed by atoms with Gasteiger partial charge in [-0.05, 0) is 64.7 Å². The first-order valence-electron chi connectivity index (χ1n) is 16.2. The predicted molar refractivity (Wildman–Crippen MR) is 195 cm³/mol. The van der Waals surface area contributed by atoms with Crippen LogP contribution in [0.15, 0.2) is 131 Å². The van der Waals surface area contributed by atoms with Gasteiger partial charge in [-0.3, -0.25) is 9.36 Å². The van der Waals surface area contributed by atoms with E-state index in [9.17, 15) is 9.59 Å². The number of methoxy groups -OCH3 is 2. The van der Waals surface area contributed by atoms with E-state index >= 15 is 0 Å². The van der Waals surface area contributed by atoms with E-state index in [0.29, 0.717) is 44.4 Å². The van der Waals surface area contributed by atoms with Gasteiger partial charge in [-0.25, -0.2) is 9.79 Å². The van der Waals surface area contributed by atoms with Crippen LogP contribution in [0, 0.1) is 0 Å². The standard InChI is InChI=1S/C41H34N2O6S/c1-4-48-40(45)36-37(28-13-6-5-7-14-28)42-41-43(38(36)29-16-11-18-31(24-29)46-2)39(44)35(50-41)23-26-20-21-33(34(22-26)47-3)49-25-30-17-10-15-27-12-8-9-19-32(27)30/h5-24,38H,4,25H2,1-3H3/b35-23-/t38-/m1/s1. The van der Waals surface area contributed by atoms with Crippen molar-refractivity contribution in [3.8, 4) is 17.2 Å². The Balaban J connectivity index is 1.32. The molecule has 6 aromatic rings. The number of fused-ring (bicyclic) bond motifs is 2. The molecule has 2 heterocycles. The molecule has 0 amide bonds. The van der Waals surface area contributed by atoms with Gasteiger partial charge in [0, 0.05) is 5.56 Å². The summed E-state index contributed by atoms with van der Waals surface area (Å²) in [5.74, 6) is 1.18. The molecule has 0 saturated carbocycles. The van der Waals surface area contributed by atoms with E-state index in [2.05, 4.69) is 24.3 Å². The van der Waals surface area contributed by atoms with Crippen LogP contribution in [-0.4, -0.2) is 31.4 Å². The van der Waals surface area contributed by atoms with Crippen molar-refractivity contribution < 1.29 is 23.7 Å². The molecule has 1 aliphatic heterocycles. The smallest absolute Gasteiger partial charge is 0.338 e. The highest BCUT2D eigenvalue weighted by molar-refractivity contribution is 7.07. The van der Waals surface area contributed by atoms with Crippen LogP contribution in [0.4, 0.5) is 0 Å². The lowest BCUT2D eigenvalue weighted by molar-refractivity contribution is -0.138. The van der Waals surface area contributed by atoms with Crippen LogP contribution in [-0.2, 0) is 16.1 Å². The maximum absolute atomic E-state index is 14.3. The zero-order valence-electron chi connectivity index (χ0n) is 27.8. The second-order valence-electron chi connectivity index (χ2n) is 11.5. The van der Waals surface area contributed by atoms with Crippen LogP contribution in [0.3, 0.4) is 0 Å². The van der Waals surface area contributed by atoms with E-state index < -0.39 is 12.0 Å². The highest BCUT2D eigenvalue weighted by Gasteiger charge is 2.35. The van der Waals surface area contributed by atoms with Crippen molar-refractivity contribution in [1.82, 2.24) is 4.57 Å².